The molecule has 1 fully saturated rings. The van der Waals surface area contributed by atoms with Crippen LogP contribution in [0.2, 0.25) is 0 Å². The average Bonchev–Trinajstić information content (AvgIpc) is 2.53. The molecular formula is C20H28F5N2O2+. The standard InChI is InChI=1S/C20H27F5N2O2/c1-6-15(20(23,24)25)8-7-14(2)19(21,22)13-27-11-9-16(10-12-27)26-17(28)29-18(3,4)5/h6-8H,1,9-13H2,2-5H3/p+1/b14-7+,15-8+. The van der Waals surface area contributed by atoms with Crippen molar-refractivity contribution < 1.29 is 36.5 Å². The van der Waals surface area contributed by atoms with Gasteiger partial charge in [0.2, 0.25) is 0 Å². The molecule has 1 aliphatic heterocycles. The summed E-state index contributed by atoms with van der Waals surface area (Å²) in [7, 11) is 0. The summed E-state index contributed by atoms with van der Waals surface area (Å²) < 4.78 is 71.9. The summed E-state index contributed by atoms with van der Waals surface area (Å²) in [6.45, 7) is 9.34. The number of allylic oxidation sites excluding steroid dienone is 4. The number of piperidine rings is 1. The molecule has 0 aromatic rings. The van der Waals surface area contributed by atoms with E-state index in [9.17, 15) is 26.7 Å². The zero-order chi connectivity index (χ0) is 22.5. The fraction of sp³-hybridized carbons (Fsp3) is 0.600. The van der Waals surface area contributed by atoms with Crippen LogP contribution >= 0.6 is 0 Å². The highest BCUT2D eigenvalue weighted by atomic mass is 19.4. The number of carbonyl (C=O) groups excluding carboxylic acids is 1. The van der Waals surface area contributed by atoms with Crippen molar-refractivity contribution in [2.45, 2.75) is 58.2 Å². The molecule has 0 aliphatic carbocycles. The summed E-state index contributed by atoms with van der Waals surface area (Å²) in [5.74, 6) is -3.29. The molecule has 0 bridgehead atoms. The van der Waals surface area contributed by atoms with Gasteiger partial charge in [0.05, 0.1) is 12.1 Å². The molecule has 1 amide bonds. The third-order valence-electron chi connectivity index (χ3n) is 4.20. The summed E-state index contributed by atoms with van der Waals surface area (Å²) >= 11 is 0. The maximum absolute atomic E-state index is 14.4. The maximum Gasteiger partial charge on any atom is 0.595 e. The summed E-state index contributed by atoms with van der Waals surface area (Å²) in [4.78, 5) is 15.9. The van der Waals surface area contributed by atoms with Crippen LogP contribution in [0.4, 0.5) is 26.7 Å². The monoisotopic (exact) mass is 423 g/mol. The molecule has 1 aliphatic rings. The van der Waals surface area contributed by atoms with Crippen LogP contribution in [0.3, 0.4) is 0 Å². The van der Waals surface area contributed by atoms with E-state index in [1.54, 1.807) is 20.8 Å². The molecule has 4 nitrogen and oxygen atoms in total. The lowest BCUT2D eigenvalue weighted by Gasteiger charge is -2.30. The number of amides is 1. The molecule has 0 atom stereocenters. The number of hydrogen-bond donors (Lipinski definition) is 1. The van der Waals surface area contributed by atoms with Crippen LogP contribution in [-0.4, -0.2) is 54.0 Å². The highest BCUT2D eigenvalue weighted by Crippen LogP contribution is 2.29. The van der Waals surface area contributed by atoms with E-state index in [0.29, 0.717) is 43.8 Å². The molecule has 29 heavy (non-hydrogen) atoms. The van der Waals surface area contributed by atoms with Gasteiger partial charge in [0.15, 0.2) is 5.71 Å². The zero-order valence-corrected chi connectivity index (χ0v) is 17.1. The smallest absolute Gasteiger partial charge is 0.406 e. The Bertz CT molecular complexity index is 691. The van der Waals surface area contributed by atoms with Crippen LogP contribution in [0, 0.1) is 0 Å². The maximum atomic E-state index is 14.4. The van der Waals surface area contributed by atoms with Gasteiger partial charge in [-0.25, -0.2) is 8.78 Å². The molecular weight excluding hydrogens is 395 g/mol. The number of nitrogens with zero attached hydrogens (tertiary/aromatic N) is 1. The van der Waals surface area contributed by atoms with Gasteiger partial charge in [-0.15, -0.1) is 4.99 Å². The number of carbonyl (C=O) groups is 1. The van der Waals surface area contributed by atoms with Crippen LogP contribution in [0.25, 0.3) is 0 Å². The minimum absolute atomic E-state index is 0.296. The van der Waals surface area contributed by atoms with Crippen molar-refractivity contribution in [2.24, 2.45) is 0 Å². The van der Waals surface area contributed by atoms with Crippen molar-refractivity contribution in [3.63, 3.8) is 0 Å². The summed E-state index contributed by atoms with van der Waals surface area (Å²) in [5.41, 5.74) is -1.49. The Balaban J connectivity index is 2.70. The molecule has 164 valence electrons. The molecule has 0 unspecified atom stereocenters. The second-order valence-electron chi connectivity index (χ2n) is 7.88. The number of ether oxygens (including phenoxy) is 1. The molecule has 0 aromatic carbocycles. The van der Waals surface area contributed by atoms with Gasteiger partial charge in [0, 0.05) is 25.9 Å². The molecule has 1 rings (SSSR count). The van der Waals surface area contributed by atoms with Crippen LogP contribution in [0.5, 0.6) is 0 Å². The molecule has 1 N–H and O–H groups in total. The van der Waals surface area contributed by atoms with Crippen LogP contribution in [0.15, 0.2) is 36.0 Å². The van der Waals surface area contributed by atoms with Gasteiger partial charge in [-0.1, -0.05) is 18.7 Å². The Morgan fingerprint density at radius 2 is 1.69 bits per heavy atom. The first-order valence-electron chi connectivity index (χ1n) is 9.17. The van der Waals surface area contributed by atoms with Crippen LogP contribution in [0.1, 0.15) is 40.5 Å². The Kier molecular flexibility index (Phi) is 8.32. The fourth-order valence-electron chi connectivity index (χ4n) is 2.57. The second-order valence-corrected chi connectivity index (χ2v) is 7.88. The van der Waals surface area contributed by atoms with Gasteiger partial charge in [0.1, 0.15) is 5.60 Å². The first-order valence-corrected chi connectivity index (χ1v) is 9.17. The number of halogens is 5. The van der Waals surface area contributed by atoms with Gasteiger partial charge in [-0.05, 0) is 39.3 Å². The van der Waals surface area contributed by atoms with E-state index in [1.807, 2.05) is 0 Å². The first-order chi connectivity index (χ1) is 13.1. The second kappa shape index (κ2) is 9.65. The zero-order valence-electron chi connectivity index (χ0n) is 17.1. The Morgan fingerprint density at radius 3 is 2.14 bits per heavy atom. The lowest BCUT2D eigenvalue weighted by atomic mass is 10.0. The molecule has 9 heteroatoms. The van der Waals surface area contributed by atoms with E-state index in [4.69, 9.17) is 4.74 Å². The van der Waals surface area contributed by atoms with E-state index < -0.39 is 41.5 Å². The molecule has 0 aromatic heterocycles. The SMILES string of the molecule is C=C/C(=C\C=C(/C)C(F)(F)CN1CCC(=[NH+]C(=O)OC(C)(C)C)CC1)C(F)(F)F. The highest BCUT2D eigenvalue weighted by molar-refractivity contribution is 5.83. The van der Waals surface area contributed by atoms with Crippen molar-refractivity contribution in [3.05, 3.63) is 36.0 Å². The third-order valence-corrected chi connectivity index (χ3v) is 4.20. The number of hydrogen-bond acceptors (Lipinski definition) is 3. The average molecular weight is 423 g/mol. The van der Waals surface area contributed by atoms with E-state index in [0.717, 1.165) is 13.0 Å². The predicted molar refractivity (Wildman–Crippen MR) is 101 cm³/mol. The van der Waals surface area contributed by atoms with Gasteiger partial charge >= 0.3 is 12.3 Å². The van der Waals surface area contributed by atoms with Crippen molar-refractivity contribution in [1.29, 1.82) is 0 Å². The molecule has 1 heterocycles. The van der Waals surface area contributed by atoms with E-state index in [-0.39, 0.29) is 0 Å². The van der Waals surface area contributed by atoms with Crippen molar-refractivity contribution >= 4 is 11.8 Å². The topological polar surface area (TPSA) is 43.5 Å². The summed E-state index contributed by atoms with van der Waals surface area (Å²) in [5, 5.41) is 0. The normalized spacial score (nSPS) is 17.9. The number of rotatable bonds is 5. The van der Waals surface area contributed by atoms with E-state index >= 15 is 0 Å². The lowest BCUT2D eigenvalue weighted by Crippen LogP contribution is -2.79. The minimum atomic E-state index is -4.64. The van der Waals surface area contributed by atoms with Gasteiger partial charge in [0.25, 0.3) is 5.92 Å². The number of likely N-dealkylation sites (tertiary alicyclic amines) is 1. The minimum Gasteiger partial charge on any atom is -0.406 e. The Hall–Kier alpha value is -2.03. The third kappa shape index (κ3) is 8.89. The first kappa shape index (κ1) is 25.0. The summed E-state index contributed by atoms with van der Waals surface area (Å²) in [6.07, 6.45) is -2.48. The highest BCUT2D eigenvalue weighted by Gasteiger charge is 2.36. The van der Waals surface area contributed by atoms with Crippen molar-refractivity contribution in [2.75, 3.05) is 19.6 Å². The lowest BCUT2D eigenvalue weighted by molar-refractivity contribution is -0.378. The Labute approximate surface area is 167 Å². The molecule has 0 spiro atoms. The quantitative estimate of drug-likeness (QED) is 0.541. The predicted octanol–water partition coefficient (Wildman–Crippen LogP) is 3.80. The fourth-order valence-corrected chi connectivity index (χ4v) is 2.57. The molecule has 0 saturated carbocycles. The van der Waals surface area contributed by atoms with Crippen molar-refractivity contribution in [1.82, 2.24) is 4.90 Å². The molecule has 0 radical (unpaired) electrons. The van der Waals surface area contributed by atoms with E-state index in [1.165, 1.54) is 4.90 Å². The van der Waals surface area contributed by atoms with E-state index in [2.05, 4.69) is 11.6 Å². The summed E-state index contributed by atoms with van der Waals surface area (Å²) in [6, 6.07) is 0. The number of nitrogens with one attached hydrogen (secondary N) is 1. The van der Waals surface area contributed by atoms with Gasteiger partial charge < -0.3 is 4.74 Å². The van der Waals surface area contributed by atoms with Gasteiger partial charge in [-0.2, -0.15) is 18.0 Å². The van der Waals surface area contributed by atoms with Crippen molar-refractivity contribution in [3.8, 4) is 0 Å². The molecule has 1 saturated heterocycles. The van der Waals surface area contributed by atoms with Crippen LogP contribution < -0.4 is 4.99 Å². The Morgan fingerprint density at radius 1 is 1.14 bits per heavy atom. The number of alkyl halides is 5. The largest absolute Gasteiger partial charge is 0.595 e. The van der Waals surface area contributed by atoms with Gasteiger partial charge in [-0.3, -0.25) is 4.90 Å². The van der Waals surface area contributed by atoms with Crippen LogP contribution in [-0.2, 0) is 4.74 Å².